The summed E-state index contributed by atoms with van der Waals surface area (Å²) >= 11 is 4.09. The number of aliphatic hydroxyl groups is 1. The summed E-state index contributed by atoms with van der Waals surface area (Å²) in [6.07, 6.45) is 0.874. The Morgan fingerprint density at radius 3 is 2.57 bits per heavy atom. The molecule has 0 unspecified atom stereocenters. The highest BCUT2D eigenvalue weighted by Crippen LogP contribution is 2.23. The molecular weight excluding hydrogens is 202 g/mol. The van der Waals surface area contributed by atoms with Crippen LogP contribution in [0.4, 0.5) is 4.79 Å². The molecule has 0 atom stereocenters. The second-order valence-corrected chi connectivity index (χ2v) is 3.88. The summed E-state index contributed by atoms with van der Waals surface area (Å²) in [5, 5.41) is 9.85. The largest absolute Gasteiger partial charge is 0.450 e. The number of nitrogens with zero attached hydrogens (tertiary/aromatic N) is 1. The molecule has 0 aromatic heterocycles. The number of carbonyl (C=O) groups is 1. The van der Waals surface area contributed by atoms with Crippen LogP contribution >= 0.6 is 12.6 Å². The van der Waals surface area contributed by atoms with Crippen molar-refractivity contribution < 1.29 is 14.6 Å². The van der Waals surface area contributed by atoms with Crippen LogP contribution in [0.25, 0.3) is 0 Å². The molecule has 0 bridgehead atoms. The monoisotopic (exact) mass is 219 g/mol. The summed E-state index contributed by atoms with van der Waals surface area (Å²) < 4.78 is 4.87. The summed E-state index contributed by atoms with van der Waals surface area (Å²) in [5.74, 6) is 0.448. The van der Waals surface area contributed by atoms with E-state index in [1.165, 1.54) is 0 Å². The first-order chi connectivity index (χ1) is 6.61. The third-order valence-electron chi connectivity index (χ3n) is 2.51. The average Bonchev–Trinajstić information content (AvgIpc) is 2.19. The zero-order chi connectivity index (χ0) is 10.6. The van der Waals surface area contributed by atoms with Crippen molar-refractivity contribution in [2.45, 2.75) is 25.4 Å². The van der Waals surface area contributed by atoms with Crippen molar-refractivity contribution in [3.63, 3.8) is 0 Å². The molecule has 4 nitrogen and oxygen atoms in total. The van der Waals surface area contributed by atoms with Gasteiger partial charge in [-0.2, -0.15) is 12.6 Å². The molecule has 0 radical (unpaired) electrons. The first-order valence-electron chi connectivity index (χ1n) is 4.86. The molecule has 0 aromatic carbocycles. The number of amides is 1. The molecule has 1 saturated heterocycles. The quantitative estimate of drug-likeness (QED) is 0.678. The number of likely N-dealkylation sites (tertiary alicyclic amines) is 1. The second-order valence-electron chi connectivity index (χ2n) is 3.57. The van der Waals surface area contributed by atoms with E-state index >= 15 is 0 Å². The Morgan fingerprint density at radius 1 is 1.57 bits per heavy atom. The van der Waals surface area contributed by atoms with Gasteiger partial charge in [0.25, 0.3) is 0 Å². The van der Waals surface area contributed by atoms with Crippen molar-refractivity contribution in [3.05, 3.63) is 0 Å². The van der Waals surface area contributed by atoms with E-state index in [0.29, 0.717) is 38.3 Å². The molecule has 0 aliphatic carbocycles. The molecule has 1 N–H and O–H groups in total. The average molecular weight is 219 g/mol. The zero-order valence-corrected chi connectivity index (χ0v) is 9.30. The second kappa shape index (κ2) is 4.89. The summed E-state index contributed by atoms with van der Waals surface area (Å²) in [5.41, 5.74) is -0.702. The molecule has 14 heavy (non-hydrogen) atoms. The topological polar surface area (TPSA) is 49.8 Å². The summed E-state index contributed by atoms with van der Waals surface area (Å²) in [4.78, 5) is 12.9. The smallest absolute Gasteiger partial charge is 0.409 e. The molecule has 82 valence electrons. The van der Waals surface area contributed by atoms with E-state index in [-0.39, 0.29) is 6.09 Å². The van der Waals surface area contributed by atoms with Crippen LogP contribution in [0.3, 0.4) is 0 Å². The van der Waals surface area contributed by atoms with E-state index in [1.54, 1.807) is 11.8 Å². The van der Waals surface area contributed by atoms with Gasteiger partial charge in [0.2, 0.25) is 0 Å². The van der Waals surface area contributed by atoms with Crippen molar-refractivity contribution in [2.24, 2.45) is 0 Å². The van der Waals surface area contributed by atoms with Crippen LogP contribution in [0.1, 0.15) is 19.8 Å². The predicted octanol–water partition coefficient (Wildman–Crippen LogP) is 0.900. The molecule has 0 spiro atoms. The SMILES string of the molecule is CCOC(=O)N1CCC(O)(CS)CC1. The van der Waals surface area contributed by atoms with Crippen LogP contribution in [-0.2, 0) is 4.74 Å². The number of hydrogen-bond acceptors (Lipinski definition) is 4. The van der Waals surface area contributed by atoms with Gasteiger partial charge in [-0.1, -0.05) is 0 Å². The van der Waals surface area contributed by atoms with Crippen LogP contribution in [0.15, 0.2) is 0 Å². The van der Waals surface area contributed by atoms with Crippen molar-refractivity contribution in [1.29, 1.82) is 0 Å². The Morgan fingerprint density at radius 2 is 2.14 bits per heavy atom. The zero-order valence-electron chi connectivity index (χ0n) is 8.40. The minimum absolute atomic E-state index is 0.284. The standard InChI is InChI=1S/C9H17NO3S/c1-2-13-8(11)10-5-3-9(12,7-14)4-6-10/h12,14H,2-7H2,1H3. The predicted molar refractivity (Wildman–Crippen MR) is 56.6 cm³/mol. The molecule has 1 aliphatic rings. The van der Waals surface area contributed by atoms with Gasteiger partial charge in [-0.05, 0) is 19.8 Å². The normalized spacial score (nSPS) is 20.6. The lowest BCUT2D eigenvalue weighted by Gasteiger charge is -2.36. The van der Waals surface area contributed by atoms with E-state index in [0.717, 1.165) is 0 Å². The Balaban J connectivity index is 2.39. The van der Waals surface area contributed by atoms with E-state index in [1.807, 2.05) is 0 Å². The van der Waals surface area contributed by atoms with Gasteiger partial charge in [0.15, 0.2) is 0 Å². The fourth-order valence-electron chi connectivity index (χ4n) is 1.48. The van der Waals surface area contributed by atoms with E-state index in [9.17, 15) is 9.90 Å². The van der Waals surface area contributed by atoms with Crippen LogP contribution < -0.4 is 0 Å². The first kappa shape index (κ1) is 11.7. The van der Waals surface area contributed by atoms with Crippen molar-refractivity contribution in [2.75, 3.05) is 25.4 Å². The Labute approximate surface area is 89.6 Å². The number of hydrogen-bond donors (Lipinski definition) is 2. The number of ether oxygens (including phenoxy) is 1. The van der Waals surface area contributed by atoms with E-state index < -0.39 is 5.60 Å². The lowest BCUT2D eigenvalue weighted by molar-refractivity contribution is -0.00132. The maximum absolute atomic E-state index is 11.3. The maximum Gasteiger partial charge on any atom is 0.409 e. The minimum atomic E-state index is -0.702. The van der Waals surface area contributed by atoms with E-state index in [2.05, 4.69) is 12.6 Å². The molecule has 1 aliphatic heterocycles. The van der Waals surface area contributed by atoms with Gasteiger partial charge in [0, 0.05) is 18.8 Å². The summed E-state index contributed by atoms with van der Waals surface area (Å²) in [6, 6.07) is 0. The highest BCUT2D eigenvalue weighted by Gasteiger charge is 2.32. The molecule has 1 amide bonds. The summed E-state index contributed by atoms with van der Waals surface area (Å²) in [7, 11) is 0. The molecular formula is C9H17NO3S. The Hall–Kier alpha value is -0.420. The third kappa shape index (κ3) is 2.78. The highest BCUT2D eigenvalue weighted by molar-refractivity contribution is 7.80. The van der Waals surface area contributed by atoms with Crippen LogP contribution in [0.2, 0.25) is 0 Å². The van der Waals surface area contributed by atoms with Gasteiger partial charge in [0.1, 0.15) is 0 Å². The number of carbonyl (C=O) groups excluding carboxylic acids is 1. The first-order valence-corrected chi connectivity index (χ1v) is 5.49. The molecule has 1 fully saturated rings. The number of thiol groups is 1. The minimum Gasteiger partial charge on any atom is -0.450 e. The van der Waals surface area contributed by atoms with Crippen LogP contribution in [0, 0.1) is 0 Å². The van der Waals surface area contributed by atoms with Crippen LogP contribution in [0.5, 0.6) is 0 Å². The van der Waals surface area contributed by atoms with Gasteiger partial charge >= 0.3 is 6.09 Å². The summed E-state index contributed by atoms with van der Waals surface area (Å²) in [6.45, 7) is 3.28. The molecule has 5 heteroatoms. The molecule has 0 saturated carbocycles. The Bertz CT molecular complexity index is 202. The third-order valence-corrected chi connectivity index (χ3v) is 3.10. The van der Waals surface area contributed by atoms with Gasteiger partial charge < -0.3 is 14.7 Å². The van der Waals surface area contributed by atoms with Gasteiger partial charge in [-0.3, -0.25) is 0 Å². The van der Waals surface area contributed by atoms with Crippen molar-refractivity contribution >= 4 is 18.7 Å². The fourth-order valence-corrected chi connectivity index (χ4v) is 1.79. The van der Waals surface area contributed by atoms with Crippen molar-refractivity contribution in [1.82, 2.24) is 4.90 Å². The fraction of sp³-hybridized carbons (Fsp3) is 0.889. The molecule has 0 aromatic rings. The van der Waals surface area contributed by atoms with Crippen molar-refractivity contribution in [3.8, 4) is 0 Å². The van der Waals surface area contributed by atoms with Gasteiger partial charge in [-0.25, -0.2) is 4.79 Å². The molecule has 1 heterocycles. The molecule has 1 rings (SSSR count). The number of piperidine rings is 1. The van der Waals surface area contributed by atoms with Gasteiger partial charge in [-0.15, -0.1) is 0 Å². The lowest BCUT2D eigenvalue weighted by Crippen LogP contribution is -2.47. The lowest BCUT2D eigenvalue weighted by atomic mass is 9.94. The highest BCUT2D eigenvalue weighted by atomic mass is 32.1. The van der Waals surface area contributed by atoms with Gasteiger partial charge in [0.05, 0.1) is 12.2 Å². The maximum atomic E-state index is 11.3. The van der Waals surface area contributed by atoms with E-state index in [4.69, 9.17) is 4.74 Å². The van der Waals surface area contributed by atoms with Crippen LogP contribution in [-0.4, -0.2) is 47.1 Å². The number of rotatable bonds is 2. The Kier molecular flexibility index (Phi) is 4.07.